The molecule has 1 amide bonds. The molecule has 4 rings (SSSR count). The molecule has 0 aromatic heterocycles. The van der Waals surface area contributed by atoms with E-state index in [0.29, 0.717) is 11.3 Å². The van der Waals surface area contributed by atoms with E-state index in [2.05, 4.69) is 35.2 Å². The molecule has 0 heterocycles. The SMILES string of the molecule is CC[C@@H](NC(=O)c1ccc(C)c(NS(=O)(=O)c2ccccc2)c1)c1ccc2c(c1)CCCC2. The van der Waals surface area contributed by atoms with E-state index in [9.17, 15) is 13.2 Å². The maximum absolute atomic E-state index is 13.1. The number of fused-ring (bicyclic) bond motifs is 1. The summed E-state index contributed by atoms with van der Waals surface area (Å²) in [4.78, 5) is 13.3. The first-order valence-electron chi connectivity index (χ1n) is 11.5. The standard InChI is InChI=1S/C27H30N2O3S/c1-3-25(22-16-15-20-9-7-8-10-21(20)17-22)28-27(30)23-14-13-19(2)26(18-23)29-33(31,32)24-11-5-4-6-12-24/h4-6,11-18,25,29H,3,7-10H2,1-2H3,(H,28,30)/t25-/m1/s1. The van der Waals surface area contributed by atoms with E-state index in [-0.39, 0.29) is 16.8 Å². The Labute approximate surface area is 196 Å². The average molecular weight is 463 g/mol. The van der Waals surface area contributed by atoms with Gasteiger partial charge < -0.3 is 5.32 Å². The molecule has 33 heavy (non-hydrogen) atoms. The zero-order valence-electron chi connectivity index (χ0n) is 19.1. The van der Waals surface area contributed by atoms with Crippen LogP contribution >= 0.6 is 0 Å². The van der Waals surface area contributed by atoms with Crippen molar-refractivity contribution in [2.24, 2.45) is 0 Å². The van der Waals surface area contributed by atoms with E-state index in [1.807, 2.05) is 6.92 Å². The summed E-state index contributed by atoms with van der Waals surface area (Å²) in [6.45, 7) is 3.87. The summed E-state index contributed by atoms with van der Waals surface area (Å²) in [5, 5.41) is 3.13. The first-order valence-corrected chi connectivity index (χ1v) is 13.0. The molecular weight excluding hydrogens is 432 g/mol. The number of rotatable bonds is 7. The monoisotopic (exact) mass is 462 g/mol. The summed E-state index contributed by atoms with van der Waals surface area (Å²) in [5.74, 6) is -0.222. The third kappa shape index (κ3) is 5.28. The van der Waals surface area contributed by atoms with Gasteiger partial charge >= 0.3 is 0 Å². The van der Waals surface area contributed by atoms with Gasteiger partial charge in [-0.25, -0.2) is 8.42 Å². The molecule has 0 saturated heterocycles. The normalized spacial score (nSPS) is 14.2. The van der Waals surface area contributed by atoms with E-state index in [1.165, 1.54) is 24.0 Å². The van der Waals surface area contributed by atoms with Crippen LogP contribution in [0.1, 0.15) is 64.8 Å². The molecule has 5 nitrogen and oxygen atoms in total. The van der Waals surface area contributed by atoms with E-state index in [4.69, 9.17) is 0 Å². The van der Waals surface area contributed by atoms with Crippen molar-refractivity contribution < 1.29 is 13.2 Å². The molecule has 6 heteroatoms. The van der Waals surface area contributed by atoms with Gasteiger partial charge in [0.2, 0.25) is 0 Å². The highest BCUT2D eigenvalue weighted by Crippen LogP contribution is 2.27. The molecule has 1 atom stereocenters. The summed E-state index contributed by atoms with van der Waals surface area (Å²) in [5.41, 5.74) is 5.48. The molecule has 0 bridgehead atoms. The van der Waals surface area contributed by atoms with Crippen LogP contribution in [0.5, 0.6) is 0 Å². The number of carbonyl (C=O) groups excluding carboxylic acids is 1. The third-order valence-corrected chi connectivity index (χ3v) is 7.67. The van der Waals surface area contributed by atoms with Gasteiger partial charge in [0.25, 0.3) is 15.9 Å². The molecule has 0 aliphatic heterocycles. The second-order valence-corrected chi connectivity index (χ2v) is 10.3. The number of carbonyl (C=O) groups is 1. The number of anilines is 1. The highest BCUT2D eigenvalue weighted by atomic mass is 32.2. The van der Waals surface area contributed by atoms with Gasteiger partial charge in [-0.3, -0.25) is 9.52 Å². The minimum atomic E-state index is -3.74. The van der Waals surface area contributed by atoms with Crippen LogP contribution in [0.25, 0.3) is 0 Å². The van der Waals surface area contributed by atoms with Gasteiger partial charge in [-0.05, 0) is 85.5 Å². The molecule has 172 valence electrons. The van der Waals surface area contributed by atoms with Crippen molar-refractivity contribution in [2.75, 3.05) is 4.72 Å². The van der Waals surface area contributed by atoms with Crippen molar-refractivity contribution >= 4 is 21.6 Å². The highest BCUT2D eigenvalue weighted by molar-refractivity contribution is 7.92. The van der Waals surface area contributed by atoms with Crippen LogP contribution in [-0.4, -0.2) is 14.3 Å². The van der Waals surface area contributed by atoms with Crippen molar-refractivity contribution in [3.63, 3.8) is 0 Å². The molecule has 0 radical (unpaired) electrons. The minimum Gasteiger partial charge on any atom is -0.345 e. The fourth-order valence-corrected chi connectivity index (χ4v) is 5.45. The van der Waals surface area contributed by atoms with Crippen LogP contribution < -0.4 is 10.0 Å². The number of benzene rings is 3. The van der Waals surface area contributed by atoms with E-state index in [1.54, 1.807) is 48.5 Å². The van der Waals surface area contributed by atoms with Gasteiger partial charge in [0.05, 0.1) is 16.6 Å². The molecule has 3 aromatic rings. The number of hydrogen-bond donors (Lipinski definition) is 2. The molecule has 1 aliphatic rings. The number of amides is 1. The second kappa shape index (κ2) is 9.79. The number of hydrogen-bond acceptors (Lipinski definition) is 3. The van der Waals surface area contributed by atoms with Crippen LogP contribution in [0.15, 0.2) is 71.6 Å². The van der Waals surface area contributed by atoms with Crippen LogP contribution in [0.2, 0.25) is 0 Å². The Kier molecular flexibility index (Phi) is 6.84. The number of sulfonamides is 1. The van der Waals surface area contributed by atoms with Gasteiger partial charge in [0, 0.05) is 5.56 Å². The summed E-state index contributed by atoms with van der Waals surface area (Å²) in [6.07, 6.45) is 5.44. The Morgan fingerprint density at radius 3 is 2.39 bits per heavy atom. The summed E-state index contributed by atoms with van der Waals surface area (Å²) >= 11 is 0. The van der Waals surface area contributed by atoms with Crippen LogP contribution in [0.4, 0.5) is 5.69 Å². The molecule has 0 fully saturated rings. The largest absolute Gasteiger partial charge is 0.345 e. The van der Waals surface area contributed by atoms with Crippen LogP contribution in [0, 0.1) is 6.92 Å². The smallest absolute Gasteiger partial charge is 0.261 e. The van der Waals surface area contributed by atoms with Gasteiger partial charge in [-0.1, -0.05) is 49.4 Å². The topological polar surface area (TPSA) is 75.3 Å². The summed E-state index contributed by atoms with van der Waals surface area (Å²) in [6, 6.07) is 19.7. The molecule has 2 N–H and O–H groups in total. The molecule has 0 unspecified atom stereocenters. The number of nitrogens with one attached hydrogen (secondary N) is 2. The summed E-state index contributed by atoms with van der Waals surface area (Å²) in [7, 11) is -3.74. The van der Waals surface area contributed by atoms with Gasteiger partial charge in [0.1, 0.15) is 0 Å². The van der Waals surface area contributed by atoms with Crippen LogP contribution in [-0.2, 0) is 22.9 Å². The predicted molar refractivity (Wildman–Crippen MR) is 132 cm³/mol. The van der Waals surface area contributed by atoms with Gasteiger partial charge in [0.15, 0.2) is 0 Å². The fourth-order valence-electron chi connectivity index (χ4n) is 4.31. The molecular formula is C27H30N2O3S. The molecule has 1 aliphatic carbocycles. The first-order chi connectivity index (χ1) is 15.9. The lowest BCUT2D eigenvalue weighted by atomic mass is 9.88. The maximum atomic E-state index is 13.1. The van der Waals surface area contributed by atoms with Gasteiger partial charge in [-0.2, -0.15) is 0 Å². The van der Waals surface area contributed by atoms with E-state index in [0.717, 1.165) is 30.4 Å². The Balaban J connectivity index is 1.53. The quantitative estimate of drug-likeness (QED) is 0.483. The lowest BCUT2D eigenvalue weighted by Crippen LogP contribution is -2.28. The molecule has 0 saturated carbocycles. The van der Waals surface area contributed by atoms with Crippen molar-refractivity contribution in [3.8, 4) is 0 Å². The Morgan fingerprint density at radius 1 is 0.939 bits per heavy atom. The highest BCUT2D eigenvalue weighted by Gasteiger charge is 2.19. The fraction of sp³-hybridized carbons (Fsp3) is 0.296. The Morgan fingerprint density at radius 2 is 1.67 bits per heavy atom. The molecule has 0 spiro atoms. The van der Waals surface area contributed by atoms with E-state index >= 15 is 0 Å². The van der Waals surface area contributed by atoms with Crippen molar-refractivity contribution in [1.29, 1.82) is 0 Å². The Bertz CT molecular complexity index is 1250. The minimum absolute atomic E-state index is 0.101. The predicted octanol–water partition coefficient (Wildman–Crippen LogP) is 5.56. The first kappa shape index (κ1) is 23.1. The Hall–Kier alpha value is -3.12. The van der Waals surface area contributed by atoms with Crippen molar-refractivity contribution in [1.82, 2.24) is 5.32 Å². The number of aryl methyl sites for hydroxylation is 3. The maximum Gasteiger partial charge on any atom is 0.261 e. The zero-order chi connectivity index (χ0) is 23.4. The zero-order valence-corrected chi connectivity index (χ0v) is 19.9. The van der Waals surface area contributed by atoms with E-state index < -0.39 is 10.0 Å². The lowest BCUT2D eigenvalue weighted by Gasteiger charge is -2.22. The summed E-state index contributed by atoms with van der Waals surface area (Å²) < 4.78 is 28.1. The van der Waals surface area contributed by atoms with Crippen LogP contribution in [0.3, 0.4) is 0 Å². The van der Waals surface area contributed by atoms with Gasteiger partial charge in [-0.15, -0.1) is 0 Å². The lowest BCUT2D eigenvalue weighted by molar-refractivity contribution is 0.0935. The average Bonchev–Trinajstić information content (AvgIpc) is 2.84. The third-order valence-electron chi connectivity index (χ3n) is 6.29. The second-order valence-electron chi connectivity index (χ2n) is 8.62. The van der Waals surface area contributed by atoms with Crippen molar-refractivity contribution in [2.45, 2.75) is 56.9 Å². The van der Waals surface area contributed by atoms with Crippen molar-refractivity contribution in [3.05, 3.63) is 94.5 Å². The molecule has 3 aromatic carbocycles.